The molecular weight excluding hydrogens is 743 g/mol. The number of nitrogens with one attached hydrogen (secondary N) is 1. The summed E-state index contributed by atoms with van der Waals surface area (Å²) in [6.07, 6.45) is 58.5. The molecule has 3 N–H and O–H groups in total. The van der Waals surface area contributed by atoms with Gasteiger partial charge in [-0.3, -0.25) is 9.59 Å². The van der Waals surface area contributed by atoms with E-state index in [2.05, 4.69) is 43.5 Å². The van der Waals surface area contributed by atoms with Crippen LogP contribution in [0, 0.1) is 0 Å². The summed E-state index contributed by atoms with van der Waals surface area (Å²) in [4.78, 5) is 24.5. The lowest BCUT2D eigenvalue weighted by molar-refractivity contribution is -0.143. The third kappa shape index (κ3) is 45.9. The van der Waals surface area contributed by atoms with E-state index in [1.807, 2.05) is 0 Å². The van der Waals surface area contributed by atoms with Crippen LogP contribution in [0.5, 0.6) is 0 Å². The molecule has 1 amide bonds. The van der Waals surface area contributed by atoms with Gasteiger partial charge in [-0.15, -0.1) is 0 Å². The van der Waals surface area contributed by atoms with Crippen LogP contribution in [-0.4, -0.2) is 47.4 Å². The van der Waals surface area contributed by atoms with Gasteiger partial charge in [0.2, 0.25) is 5.91 Å². The molecule has 0 spiro atoms. The van der Waals surface area contributed by atoms with Gasteiger partial charge in [0.15, 0.2) is 0 Å². The number of allylic oxidation sites excluding steroid dienone is 4. The second-order valence-electron chi connectivity index (χ2n) is 18.2. The Balaban J connectivity index is 3.48. The molecule has 0 aromatic carbocycles. The number of amides is 1. The number of hydrogen-bond donors (Lipinski definition) is 3. The molecule has 0 aliphatic rings. The zero-order chi connectivity index (χ0) is 43.7. The van der Waals surface area contributed by atoms with Gasteiger partial charge >= 0.3 is 5.97 Å². The Bertz CT molecular complexity index is 935. The highest BCUT2D eigenvalue weighted by Crippen LogP contribution is 2.16. The summed E-state index contributed by atoms with van der Waals surface area (Å²) in [7, 11) is 0. The van der Waals surface area contributed by atoms with Crippen LogP contribution in [0.1, 0.15) is 284 Å². The minimum Gasteiger partial charge on any atom is -0.466 e. The lowest BCUT2D eigenvalue weighted by Gasteiger charge is -2.22. The molecule has 6 heteroatoms. The number of ether oxygens (including phenoxy) is 1. The highest BCUT2D eigenvalue weighted by Gasteiger charge is 2.20. The predicted molar refractivity (Wildman–Crippen MR) is 260 cm³/mol. The summed E-state index contributed by atoms with van der Waals surface area (Å²) in [6.45, 7) is 4.89. The Morgan fingerprint density at radius 1 is 0.467 bits per heavy atom. The molecule has 6 nitrogen and oxygen atoms in total. The van der Waals surface area contributed by atoms with E-state index < -0.39 is 12.1 Å². The molecule has 0 heterocycles. The van der Waals surface area contributed by atoms with Crippen LogP contribution >= 0.6 is 0 Å². The zero-order valence-corrected chi connectivity index (χ0v) is 40.2. The molecule has 2 atom stereocenters. The Labute approximate surface area is 373 Å². The number of esters is 1. The Hall–Kier alpha value is -1.66. The summed E-state index contributed by atoms with van der Waals surface area (Å²) < 4.78 is 5.46. The van der Waals surface area contributed by atoms with E-state index in [1.54, 1.807) is 0 Å². The van der Waals surface area contributed by atoms with Gasteiger partial charge in [0.1, 0.15) is 0 Å². The molecule has 0 aromatic heterocycles. The third-order valence-electron chi connectivity index (χ3n) is 12.3. The van der Waals surface area contributed by atoms with Gasteiger partial charge in [0.05, 0.1) is 25.4 Å². The van der Waals surface area contributed by atoms with E-state index in [4.69, 9.17) is 4.74 Å². The molecule has 0 fully saturated rings. The molecular formula is C54H103NO5. The van der Waals surface area contributed by atoms with E-state index in [1.165, 1.54) is 180 Å². The number of carbonyl (C=O) groups is 2. The van der Waals surface area contributed by atoms with Gasteiger partial charge in [0, 0.05) is 12.8 Å². The summed E-state index contributed by atoms with van der Waals surface area (Å²) in [6, 6.07) is -0.556. The van der Waals surface area contributed by atoms with Crippen molar-refractivity contribution in [1.29, 1.82) is 0 Å². The molecule has 0 radical (unpaired) electrons. The Morgan fingerprint density at radius 3 is 1.28 bits per heavy atom. The topological polar surface area (TPSA) is 95.9 Å². The fourth-order valence-corrected chi connectivity index (χ4v) is 8.14. The van der Waals surface area contributed by atoms with Crippen LogP contribution in [-0.2, 0) is 14.3 Å². The number of unbranched alkanes of at least 4 members (excludes halogenated alkanes) is 34. The molecule has 0 aliphatic carbocycles. The normalized spacial score (nSPS) is 12.8. The minimum atomic E-state index is -0.677. The van der Waals surface area contributed by atoms with Gasteiger partial charge in [-0.2, -0.15) is 0 Å². The first-order valence-corrected chi connectivity index (χ1v) is 26.6. The number of rotatable bonds is 49. The molecule has 0 saturated heterocycles. The number of hydrogen-bond acceptors (Lipinski definition) is 5. The van der Waals surface area contributed by atoms with E-state index >= 15 is 0 Å². The second-order valence-corrected chi connectivity index (χ2v) is 18.2. The van der Waals surface area contributed by atoms with Crippen molar-refractivity contribution in [3.05, 3.63) is 24.3 Å². The standard InChI is InChI=1S/C54H103NO5/c1-3-5-7-9-11-13-15-17-19-21-23-26-30-34-38-42-46-52(57)51(50-56)55-53(58)47-43-39-35-31-27-25-29-33-37-41-45-49-60-54(59)48-44-40-36-32-28-24-22-20-18-16-14-12-10-8-6-4-2/h14,16,20,22,51-52,56-57H,3-13,15,17-19,21,23-50H2,1-2H3,(H,55,58)/b16-14-,22-20-. The van der Waals surface area contributed by atoms with E-state index in [0.717, 1.165) is 70.6 Å². The first kappa shape index (κ1) is 58.3. The summed E-state index contributed by atoms with van der Waals surface area (Å²) >= 11 is 0. The maximum Gasteiger partial charge on any atom is 0.305 e. The first-order valence-electron chi connectivity index (χ1n) is 26.6. The van der Waals surface area contributed by atoms with Gasteiger partial charge < -0.3 is 20.3 Å². The summed E-state index contributed by atoms with van der Waals surface area (Å²) in [5, 5.41) is 23.2. The Morgan fingerprint density at radius 2 is 0.833 bits per heavy atom. The van der Waals surface area contributed by atoms with E-state index in [9.17, 15) is 19.8 Å². The van der Waals surface area contributed by atoms with E-state index in [-0.39, 0.29) is 18.5 Å². The predicted octanol–water partition coefficient (Wildman–Crippen LogP) is 15.9. The number of aliphatic hydroxyl groups excluding tert-OH is 2. The number of aliphatic hydroxyl groups is 2. The fraction of sp³-hybridized carbons (Fsp3) is 0.889. The summed E-state index contributed by atoms with van der Waals surface area (Å²) in [5.41, 5.74) is 0. The lowest BCUT2D eigenvalue weighted by atomic mass is 10.0. The van der Waals surface area contributed by atoms with Crippen LogP contribution in [0.3, 0.4) is 0 Å². The van der Waals surface area contributed by atoms with Crippen molar-refractivity contribution in [2.45, 2.75) is 296 Å². The SMILES string of the molecule is CCCCCC/C=C\C/C=C\CCCCCCCC(=O)OCCCCCCCCCCCCCC(=O)NC(CO)C(O)CCCCCCCCCCCCCCCCCC. The average molecular weight is 846 g/mol. The highest BCUT2D eigenvalue weighted by atomic mass is 16.5. The van der Waals surface area contributed by atoms with Crippen molar-refractivity contribution in [1.82, 2.24) is 5.32 Å². The molecule has 0 rings (SSSR count). The second kappa shape index (κ2) is 50.0. The van der Waals surface area contributed by atoms with Crippen molar-refractivity contribution < 1.29 is 24.5 Å². The van der Waals surface area contributed by atoms with Crippen molar-refractivity contribution in [3.63, 3.8) is 0 Å². The minimum absolute atomic E-state index is 0.0268. The van der Waals surface area contributed by atoms with Crippen molar-refractivity contribution >= 4 is 11.9 Å². The van der Waals surface area contributed by atoms with Crippen LogP contribution in [0.25, 0.3) is 0 Å². The largest absolute Gasteiger partial charge is 0.466 e. The lowest BCUT2D eigenvalue weighted by Crippen LogP contribution is -2.45. The molecule has 0 aliphatic heterocycles. The van der Waals surface area contributed by atoms with Crippen LogP contribution in [0.15, 0.2) is 24.3 Å². The van der Waals surface area contributed by atoms with Gasteiger partial charge in [-0.05, 0) is 57.8 Å². The fourth-order valence-electron chi connectivity index (χ4n) is 8.14. The third-order valence-corrected chi connectivity index (χ3v) is 12.3. The highest BCUT2D eigenvalue weighted by molar-refractivity contribution is 5.76. The van der Waals surface area contributed by atoms with Crippen molar-refractivity contribution in [2.75, 3.05) is 13.2 Å². The summed E-state index contributed by atoms with van der Waals surface area (Å²) in [5.74, 6) is -0.0805. The van der Waals surface area contributed by atoms with Gasteiger partial charge in [0.25, 0.3) is 0 Å². The van der Waals surface area contributed by atoms with Crippen LogP contribution in [0.4, 0.5) is 0 Å². The molecule has 2 unspecified atom stereocenters. The van der Waals surface area contributed by atoms with Gasteiger partial charge in [-0.25, -0.2) is 0 Å². The maximum atomic E-state index is 12.5. The number of carbonyl (C=O) groups excluding carboxylic acids is 2. The van der Waals surface area contributed by atoms with E-state index in [0.29, 0.717) is 25.9 Å². The smallest absolute Gasteiger partial charge is 0.305 e. The molecule has 0 bridgehead atoms. The van der Waals surface area contributed by atoms with Crippen molar-refractivity contribution in [3.8, 4) is 0 Å². The van der Waals surface area contributed by atoms with Crippen LogP contribution in [0.2, 0.25) is 0 Å². The van der Waals surface area contributed by atoms with Gasteiger partial charge in [-0.1, -0.05) is 237 Å². The molecule has 0 saturated carbocycles. The molecule has 354 valence electrons. The monoisotopic (exact) mass is 846 g/mol. The zero-order valence-electron chi connectivity index (χ0n) is 40.2. The van der Waals surface area contributed by atoms with Crippen LogP contribution < -0.4 is 5.32 Å². The Kier molecular flexibility index (Phi) is 48.6. The molecule has 0 aromatic rings. The first-order chi connectivity index (χ1) is 29.5. The maximum absolute atomic E-state index is 12.5. The quantitative estimate of drug-likeness (QED) is 0.0322. The average Bonchev–Trinajstić information content (AvgIpc) is 3.25. The van der Waals surface area contributed by atoms with Crippen molar-refractivity contribution in [2.24, 2.45) is 0 Å². The molecule has 60 heavy (non-hydrogen) atoms.